The highest BCUT2D eigenvalue weighted by atomic mass is 32.2. The van der Waals surface area contributed by atoms with Crippen molar-refractivity contribution in [2.75, 3.05) is 19.8 Å². The molecule has 4 heteroatoms. The minimum absolute atomic E-state index is 0.390. The van der Waals surface area contributed by atoms with Crippen molar-refractivity contribution in [2.45, 2.75) is 30.6 Å². The first-order chi connectivity index (χ1) is 8.45. The Morgan fingerprint density at radius 2 is 1.83 bits per heavy atom. The number of hydrogen-bond acceptors (Lipinski definition) is 3. The number of nitrogens with one attached hydrogen (secondary N) is 1. The molecular weight excluding hydrogens is 246 g/mol. The van der Waals surface area contributed by atoms with E-state index in [1.54, 1.807) is 12.1 Å². The first-order valence-electron chi connectivity index (χ1n) is 6.39. The van der Waals surface area contributed by atoms with E-state index in [1.165, 1.54) is 31.1 Å². The average molecular weight is 267 g/mol. The molecule has 0 radical (unpaired) electrons. The first-order valence-corrected chi connectivity index (χ1v) is 8.28. The van der Waals surface area contributed by atoms with Crippen molar-refractivity contribution >= 4 is 9.84 Å². The molecule has 1 saturated carbocycles. The van der Waals surface area contributed by atoms with Gasteiger partial charge in [-0.2, -0.15) is 0 Å². The van der Waals surface area contributed by atoms with Crippen molar-refractivity contribution in [3.05, 3.63) is 29.8 Å². The molecule has 100 valence electrons. The maximum Gasteiger partial charge on any atom is 0.175 e. The monoisotopic (exact) mass is 267 g/mol. The van der Waals surface area contributed by atoms with E-state index < -0.39 is 9.84 Å². The molecular formula is C14H21NO2S. The van der Waals surface area contributed by atoms with Gasteiger partial charge in [0.15, 0.2) is 9.84 Å². The second-order valence-electron chi connectivity index (χ2n) is 5.48. The number of rotatable bonds is 5. The number of sulfone groups is 1. The van der Waals surface area contributed by atoms with E-state index in [0.29, 0.717) is 10.3 Å². The summed E-state index contributed by atoms with van der Waals surface area (Å²) in [5, 5.41) is 3.27. The molecule has 3 nitrogen and oxygen atoms in total. The van der Waals surface area contributed by atoms with Gasteiger partial charge in [-0.3, -0.25) is 0 Å². The smallest absolute Gasteiger partial charge is 0.175 e. The van der Waals surface area contributed by atoms with E-state index in [4.69, 9.17) is 0 Å². The summed E-state index contributed by atoms with van der Waals surface area (Å²) in [6.07, 6.45) is 6.13. The Labute approximate surface area is 110 Å². The summed E-state index contributed by atoms with van der Waals surface area (Å²) in [4.78, 5) is 0.405. The van der Waals surface area contributed by atoms with Crippen molar-refractivity contribution in [3.8, 4) is 0 Å². The van der Waals surface area contributed by atoms with Crippen LogP contribution in [-0.4, -0.2) is 28.3 Å². The molecule has 0 saturated heterocycles. The van der Waals surface area contributed by atoms with E-state index in [2.05, 4.69) is 5.32 Å². The topological polar surface area (TPSA) is 46.2 Å². The zero-order chi connectivity index (χ0) is 13.2. The summed E-state index contributed by atoms with van der Waals surface area (Å²) in [7, 11) is -1.08. The van der Waals surface area contributed by atoms with Crippen LogP contribution in [0.25, 0.3) is 0 Å². The Morgan fingerprint density at radius 1 is 1.22 bits per heavy atom. The third-order valence-electron chi connectivity index (χ3n) is 3.90. The summed E-state index contributed by atoms with van der Waals surface area (Å²) in [6, 6.07) is 7.34. The van der Waals surface area contributed by atoms with Crippen LogP contribution in [0.1, 0.15) is 24.8 Å². The normalized spacial score (nSPS) is 18.3. The zero-order valence-electron chi connectivity index (χ0n) is 11.1. The third kappa shape index (κ3) is 2.93. The first kappa shape index (κ1) is 13.6. The largest absolute Gasteiger partial charge is 0.319 e. The van der Waals surface area contributed by atoms with Crippen LogP contribution in [0, 0.1) is 5.41 Å². The molecule has 1 aliphatic carbocycles. The highest BCUT2D eigenvalue weighted by molar-refractivity contribution is 7.90. The van der Waals surface area contributed by atoms with Crippen LogP contribution in [0.15, 0.2) is 29.2 Å². The summed E-state index contributed by atoms with van der Waals surface area (Å²) in [5.41, 5.74) is 1.62. The van der Waals surface area contributed by atoms with Crippen molar-refractivity contribution in [1.29, 1.82) is 0 Å². The summed E-state index contributed by atoms with van der Waals surface area (Å²) >= 11 is 0. The van der Waals surface area contributed by atoms with Gasteiger partial charge in [0.05, 0.1) is 4.90 Å². The molecule has 1 aliphatic rings. The molecule has 0 amide bonds. The van der Waals surface area contributed by atoms with Gasteiger partial charge in [-0.05, 0) is 49.4 Å². The quantitative estimate of drug-likeness (QED) is 0.888. The molecule has 1 aromatic rings. The molecule has 0 atom stereocenters. The van der Waals surface area contributed by atoms with Gasteiger partial charge < -0.3 is 5.32 Å². The molecule has 0 bridgehead atoms. The van der Waals surface area contributed by atoms with Gasteiger partial charge >= 0.3 is 0 Å². The molecule has 0 heterocycles. The minimum atomic E-state index is -3.08. The Bertz CT molecular complexity index is 501. The van der Waals surface area contributed by atoms with Gasteiger partial charge in [0.2, 0.25) is 0 Å². The Balaban J connectivity index is 2.11. The van der Waals surface area contributed by atoms with Crippen LogP contribution in [0.5, 0.6) is 0 Å². The van der Waals surface area contributed by atoms with Crippen molar-refractivity contribution in [2.24, 2.45) is 5.41 Å². The predicted molar refractivity (Wildman–Crippen MR) is 73.5 cm³/mol. The van der Waals surface area contributed by atoms with Crippen molar-refractivity contribution < 1.29 is 8.42 Å². The highest BCUT2D eigenvalue weighted by Gasteiger charge is 2.36. The molecule has 0 aromatic heterocycles. The second kappa shape index (κ2) is 5.02. The van der Waals surface area contributed by atoms with E-state index in [-0.39, 0.29) is 0 Å². The standard InChI is InChI=1S/C14H21NO2S/c1-15-11-14(8-3-9-14)10-12-4-6-13(7-5-12)18(2,16)17/h4-7,15H,3,8-11H2,1-2H3. The Kier molecular flexibility index (Phi) is 3.78. The lowest BCUT2D eigenvalue weighted by molar-refractivity contribution is 0.133. The number of hydrogen-bond donors (Lipinski definition) is 1. The molecule has 2 rings (SSSR count). The van der Waals surface area contributed by atoms with Gasteiger partial charge in [0, 0.05) is 12.8 Å². The van der Waals surface area contributed by atoms with Crippen LogP contribution in [-0.2, 0) is 16.3 Å². The maximum absolute atomic E-state index is 11.4. The van der Waals surface area contributed by atoms with Gasteiger partial charge in [0.1, 0.15) is 0 Å². The third-order valence-corrected chi connectivity index (χ3v) is 5.03. The fraction of sp³-hybridized carbons (Fsp3) is 0.571. The van der Waals surface area contributed by atoms with Crippen LogP contribution in [0.3, 0.4) is 0 Å². The molecule has 0 spiro atoms. The maximum atomic E-state index is 11.4. The van der Waals surface area contributed by atoms with Gasteiger partial charge in [-0.15, -0.1) is 0 Å². The van der Waals surface area contributed by atoms with Crippen LogP contribution in [0.4, 0.5) is 0 Å². The molecule has 18 heavy (non-hydrogen) atoms. The molecule has 1 fully saturated rings. The molecule has 0 aliphatic heterocycles. The van der Waals surface area contributed by atoms with Crippen LogP contribution in [0.2, 0.25) is 0 Å². The fourth-order valence-corrected chi connectivity index (χ4v) is 3.39. The highest BCUT2D eigenvalue weighted by Crippen LogP contribution is 2.43. The lowest BCUT2D eigenvalue weighted by atomic mass is 9.65. The van der Waals surface area contributed by atoms with E-state index in [9.17, 15) is 8.42 Å². The number of benzene rings is 1. The zero-order valence-corrected chi connectivity index (χ0v) is 11.9. The van der Waals surface area contributed by atoms with Crippen LogP contribution < -0.4 is 5.32 Å². The SMILES string of the molecule is CNCC1(Cc2ccc(S(C)(=O)=O)cc2)CCC1. The van der Waals surface area contributed by atoms with Gasteiger partial charge in [-0.25, -0.2) is 8.42 Å². The fourth-order valence-electron chi connectivity index (χ4n) is 2.76. The molecule has 1 N–H and O–H groups in total. The van der Waals surface area contributed by atoms with Gasteiger partial charge in [-0.1, -0.05) is 18.6 Å². The molecule has 0 unspecified atom stereocenters. The lowest BCUT2D eigenvalue weighted by Crippen LogP contribution is -2.40. The Hall–Kier alpha value is -0.870. The summed E-state index contributed by atoms with van der Waals surface area (Å²) in [5.74, 6) is 0. The Morgan fingerprint density at radius 3 is 2.22 bits per heavy atom. The van der Waals surface area contributed by atoms with E-state index in [0.717, 1.165) is 13.0 Å². The lowest BCUT2D eigenvalue weighted by Gasteiger charge is -2.42. The average Bonchev–Trinajstić information content (AvgIpc) is 2.26. The minimum Gasteiger partial charge on any atom is -0.319 e. The summed E-state index contributed by atoms with van der Waals surface area (Å²) < 4.78 is 22.8. The van der Waals surface area contributed by atoms with E-state index in [1.807, 2.05) is 19.2 Å². The predicted octanol–water partition coefficient (Wildman–Crippen LogP) is 2.02. The van der Waals surface area contributed by atoms with Crippen LogP contribution >= 0.6 is 0 Å². The van der Waals surface area contributed by atoms with E-state index >= 15 is 0 Å². The second-order valence-corrected chi connectivity index (χ2v) is 7.49. The summed E-state index contributed by atoms with van der Waals surface area (Å²) in [6.45, 7) is 1.04. The van der Waals surface area contributed by atoms with Crippen molar-refractivity contribution in [3.63, 3.8) is 0 Å². The van der Waals surface area contributed by atoms with Gasteiger partial charge in [0.25, 0.3) is 0 Å². The van der Waals surface area contributed by atoms with Crippen molar-refractivity contribution in [1.82, 2.24) is 5.32 Å². The molecule has 1 aromatic carbocycles.